The first-order valence-electron chi connectivity index (χ1n) is 7.89. The van der Waals surface area contributed by atoms with Crippen molar-refractivity contribution in [3.63, 3.8) is 0 Å². The van der Waals surface area contributed by atoms with Crippen LogP contribution in [0.4, 0.5) is 5.69 Å². The van der Waals surface area contributed by atoms with Gasteiger partial charge in [0.1, 0.15) is 0 Å². The van der Waals surface area contributed by atoms with Crippen LogP contribution < -0.4 is 5.32 Å². The number of rotatable bonds is 8. The van der Waals surface area contributed by atoms with E-state index in [2.05, 4.69) is 5.32 Å². The van der Waals surface area contributed by atoms with Gasteiger partial charge in [0.2, 0.25) is 0 Å². The standard InChI is InChI=1S/C19H18ClNO4S/c1-13(22)14-2-6-16(7-3-14)21-18(23)12-25-19(24)10-11-26-17-8-4-15(20)5-9-17/h2-9H,10-12H2,1H3,(H,21,23). The minimum Gasteiger partial charge on any atom is -0.456 e. The summed E-state index contributed by atoms with van der Waals surface area (Å²) in [5, 5.41) is 3.27. The number of amides is 1. The fraction of sp³-hybridized carbons (Fsp3) is 0.211. The fourth-order valence-electron chi connectivity index (χ4n) is 1.99. The lowest BCUT2D eigenvalue weighted by Gasteiger charge is -2.07. The number of thioether (sulfide) groups is 1. The Morgan fingerprint density at radius 3 is 2.31 bits per heavy atom. The van der Waals surface area contributed by atoms with Gasteiger partial charge in [-0.25, -0.2) is 0 Å². The smallest absolute Gasteiger partial charge is 0.307 e. The molecule has 0 heterocycles. The predicted octanol–water partition coefficient (Wildman–Crippen LogP) is 4.21. The highest BCUT2D eigenvalue weighted by molar-refractivity contribution is 7.99. The zero-order valence-electron chi connectivity index (χ0n) is 14.2. The molecular weight excluding hydrogens is 374 g/mol. The molecule has 2 rings (SSSR count). The molecule has 0 aromatic heterocycles. The Morgan fingerprint density at radius 2 is 1.69 bits per heavy atom. The summed E-state index contributed by atoms with van der Waals surface area (Å²) in [5.74, 6) is -0.365. The molecule has 26 heavy (non-hydrogen) atoms. The number of Topliss-reactive ketones (excluding diaryl/α,β-unsaturated/α-hetero) is 1. The maximum absolute atomic E-state index is 11.8. The number of hydrogen-bond donors (Lipinski definition) is 1. The first-order chi connectivity index (χ1) is 12.4. The van der Waals surface area contributed by atoms with E-state index >= 15 is 0 Å². The molecule has 0 aliphatic heterocycles. The Hall–Kier alpha value is -2.31. The summed E-state index contributed by atoms with van der Waals surface area (Å²) < 4.78 is 4.96. The number of anilines is 1. The third kappa shape index (κ3) is 6.90. The van der Waals surface area contributed by atoms with Crippen LogP contribution in [-0.4, -0.2) is 30.0 Å². The Morgan fingerprint density at radius 1 is 1.04 bits per heavy atom. The third-order valence-corrected chi connectivity index (χ3v) is 4.59. The number of nitrogens with one attached hydrogen (secondary N) is 1. The van der Waals surface area contributed by atoms with E-state index in [1.165, 1.54) is 18.7 Å². The third-order valence-electron chi connectivity index (χ3n) is 3.33. The molecular formula is C19H18ClNO4S. The van der Waals surface area contributed by atoms with Gasteiger partial charge in [0.15, 0.2) is 12.4 Å². The number of halogens is 1. The normalized spacial score (nSPS) is 10.2. The lowest BCUT2D eigenvalue weighted by atomic mass is 10.1. The molecule has 2 aromatic rings. The summed E-state index contributed by atoms with van der Waals surface area (Å²) in [4.78, 5) is 35.7. The summed E-state index contributed by atoms with van der Waals surface area (Å²) >= 11 is 7.32. The van der Waals surface area contributed by atoms with Gasteiger partial charge in [0.25, 0.3) is 5.91 Å². The first-order valence-corrected chi connectivity index (χ1v) is 9.25. The topological polar surface area (TPSA) is 72.5 Å². The van der Waals surface area contributed by atoms with Crippen molar-refractivity contribution in [1.82, 2.24) is 0 Å². The summed E-state index contributed by atoms with van der Waals surface area (Å²) in [6, 6.07) is 13.8. The second-order valence-corrected chi connectivity index (χ2v) is 7.00. The number of ether oxygens (including phenoxy) is 1. The molecule has 0 fully saturated rings. The van der Waals surface area contributed by atoms with Crippen LogP contribution in [-0.2, 0) is 14.3 Å². The van der Waals surface area contributed by atoms with Gasteiger partial charge >= 0.3 is 5.97 Å². The lowest BCUT2D eigenvalue weighted by molar-refractivity contribution is -0.146. The largest absolute Gasteiger partial charge is 0.456 e. The number of esters is 1. The average Bonchev–Trinajstić information content (AvgIpc) is 2.62. The fourth-order valence-corrected chi connectivity index (χ4v) is 2.95. The summed E-state index contributed by atoms with van der Waals surface area (Å²) in [5.41, 5.74) is 1.10. The van der Waals surface area contributed by atoms with Crippen LogP contribution in [0.5, 0.6) is 0 Å². The molecule has 0 aliphatic rings. The van der Waals surface area contributed by atoms with Crippen molar-refractivity contribution in [2.75, 3.05) is 17.7 Å². The van der Waals surface area contributed by atoms with Crippen LogP contribution >= 0.6 is 23.4 Å². The van der Waals surface area contributed by atoms with Crippen LogP contribution in [0.3, 0.4) is 0 Å². The van der Waals surface area contributed by atoms with E-state index in [0.29, 0.717) is 22.0 Å². The number of benzene rings is 2. The van der Waals surface area contributed by atoms with Gasteiger partial charge in [0, 0.05) is 26.9 Å². The molecule has 0 spiro atoms. The summed E-state index contributed by atoms with van der Waals surface area (Å²) in [6.45, 7) is 1.12. The highest BCUT2D eigenvalue weighted by atomic mass is 35.5. The van der Waals surface area contributed by atoms with Gasteiger partial charge in [0.05, 0.1) is 6.42 Å². The molecule has 0 saturated carbocycles. The second-order valence-electron chi connectivity index (χ2n) is 5.39. The predicted molar refractivity (Wildman–Crippen MR) is 103 cm³/mol. The molecule has 1 amide bonds. The molecule has 5 nitrogen and oxygen atoms in total. The highest BCUT2D eigenvalue weighted by Gasteiger charge is 2.09. The number of carbonyl (C=O) groups excluding carboxylic acids is 3. The second kappa shape index (κ2) is 9.99. The number of hydrogen-bond acceptors (Lipinski definition) is 5. The Bertz CT molecular complexity index is 775. The minimum atomic E-state index is -0.437. The summed E-state index contributed by atoms with van der Waals surface area (Å²) in [6.07, 6.45) is 0.202. The van der Waals surface area contributed by atoms with Crippen molar-refractivity contribution < 1.29 is 19.1 Å². The summed E-state index contributed by atoms with van der Waals surface area (Å²) in [7, 11) is 0. The maximum atomic E-state index is 11.8. The molecule has 0 radical (unpaired) electrons. The van der Waals surface area contributed by atoms with Crippen molar-refractivity contribution in [1.29, 1.82) is 0 Å². The molecule has 1 N–H and O–H groups in total. The van der Waals surface area contributed by atoms with Gasteiger partial charge in [-0.3, -0.25) is 14.4 Å². The van der Waals surface area contributed by atoms with E-state index in [1.54, 1.807) is 36.4 Å². The van der Waals surface area contributed by atoms with Gasteiger partial charge in [-0.05, 0) is 55.5 Å². The molecule has 0 atom stereocenters. The first kappa shape index (κ1) is 20.0. The molecule has 0 saturated heterocycles. The van der Waals surface area contributed by atoms with E-state index in [-0.39, 0.29) is 18.8 Å². The van der Waals surface area contributed by atoms with E-state index in [4.69, 9.17) is 16.3 Å². The zero-order chi connectivity index (χ0) is 18.9. The zero-order valence-corrected chi connectivity index (χ0v) is 15.7. The minimum absolute atomic E-state index is 0.0479. The Balaban J connectivity index is 1.67. The number of carbonyl (C=O) groups is 3. The average molecular weight is 392 g/mol. The molecule has 2 aromatic carbocycles. The molecule has 136 valence electrons. The molecule has 7 heteroatoms. The maximum Gasteiger partial charge on any atom is 0.307 e. The Kier molecular flexibility index (Phi) is 7.69. The van der Waals surface area contributed by atoms with Crippen molar-refractivity contribution in [2.45, 2.75) is 18.2 Å². The van der Waals surface area contributed by atoms with Crippen LogP contribution in [0, 0.1) is 0 Å². The van der Waals surface area contributed by atoms with E-state index in [0.717, 1.165) is 4.90 Å². The van der Waals surface area contributed by atoms with Crippen LogP contribution in [0.15, 0.2) is 53.4 Å². The lowest BCUT2D eigenvalue weighted by Crippen LogP contribution is -2.21. The van der Waals surface area contributed by atoms with Gasteiger partial charge in [-0.2, -0.15) is 0 Å². The Labute approximate surface area is 161 Å². The molecule has 0 aliphatic carbocycles. The van der Waals surface area contributed by atoms with Gasteiger partial charge in [-0.1, -0.05) is 11.6 Å². The van der Waals surface area contributed by atoms with Crippen molar-refractivity contribution in [3.8, 4) is 0 Å². The number of ketones is 1. The van der Waals surface area contributed by atoms with Gasteiger partial charge in [-0.15, -0.1) is 11.8 Å². The molecule has 0 bridgehead atoms. The van der Waals surface area contributed by atoms with E-state index in [9.17, 15) is 14.4 Å². The van der Waals surface area contributed by atoms with Crippen LogP contribution in [0.2, 0.25) is 5.02 Å². The molecule has 0 unspecified atom stereocenters. The van der Waals surface area contributed by atoms with Crippen molar-refractivity contribution in [2.24, 2.45) is 0 Å². The van der Waals surface area contributed by atoms with Crippen molar-refractivity contribution >= 4 is 46.7 Å². The monoisotopic (exact) mass is 391 g/mol. The van der Waals surface area contributed by atoms with E-state index in [1.807, 2.05) is 12.1 Å². The van der Waals surface area contributed by atoms with Crippen LogP contribution in [0.25, 0.3) is 0 Å². The van der Waals surface area contributed by atoms with E-state index < -0.39 is 11.9 Å². The van der Waals surface area contributed by atoms with Crippen LogP contribution in [0.1, 0.15) is 23.7 Å². The van der Waals surface area contributed by atoms with Gasteiger partial charge < -0.3 is 10.1 Å². The quantitative estimate of drug-likeness (QED) is 0.414. The SMILES string of the molecule is CC(=O)c1ccc(NC(=O)COC(=O)CCSc2ccc(Cl)cc2)cc1. The van der Waals surface area contributed by atoms with Crippen molar-refractivity contribution in [3.05, 3.63) is 59.1 Å². The highest BCUT2D eigenvalue weighted by Crippen LogP contribution is 2.21.